The van der Waals surface area contributed by atoms with Gasteiger partial charge in [0.1, 0.15) is 18.4 Å². The number of hydrogen-bond donors (Lipinski definition) is 5. The molecule has 8 heteroatoms. The number of hydroxylamine groups is 1. The maximum atomic E-state index is 12.2. The summed E-state index contributed by atoms with van der Waals surface area (Å²) in [6, 6.07) is 12.3. The lowest BCUT2D eigenvalue weighted by Crippen LogP contribution is -2.51. The minimum atomic E-state index is -1.26. The third-order valence-corrected chi connectivity index (χ3v) is 3.66. The maximum absolute atomic E-state index is 12.2. The number of hydrogen-bond acceptors (Lipinski definition) is 6. The molecule has 0 saturated heterocycles. The first-order valence-corrected chi connectivity index (χ1v) is 7.91. The van der Waals surface area contributed by atoms with Crippen LogP contribution in [0, 0.1) is 0 Å². The number of amides is 2. The first-order chi connectivity index (χ1) is 12.4. The van der Waals surface area contributed by atoms with Crippen LogP contribution < -0.4 is 21.3 Å². The lowest BCUT2D eigenvalue weighted by atomic mass is 10.1. The topological polar surface area (TPSA) is 134 Å². The van der Waals surface area contributed by atoms with Gasteiger partial charge in [-0.15, -0.1) is 0 Å². The van der Waals surface area contributed by atoms with E-state index >= 15 is 0 Å². The van der Waals surface area contributed by atoms with Crippen molar-refractivity contribution >= 4 is 17.5 Å². The molecule has 0 saturated carbocycles. The Labute approximate surface area is 150 Å². The molecule has 0 radical (unpaired) electrons. The van der Waals surface area contributed by atoms with E-state index in [-0.39, 0.29) is 0 Å². The summed E-state index contributed by atoms with van der Waals surface area (Å²) >= 11 is 0. The Morgan fingerprint density at radius 2 is 1.73 bits per heavy atom. The number of ether oxygens (including phenoxy) is 1. The Kier molecular flexibility index (Phi) is 6.54. The Hall–Kier alpha value is -3.10. The van der Waals surface area contributed by atoms with Crippen molar-refractivity contribution in [2.45, 2.75) is 25.7 Å². The van der Waals surface area contributed by atoms with Gasteiger partial charge in [0.15, 0.2) is 0 Å². The van der Waals surface area contributed by atoms with Gasteiger partial charge in [-0.05, 0) is 48.9 Å². The van der Waals surface area contributed by atoms with Crippen LogP contribution in [-0.4, -0.2) is 34.3 Å². The number of nitrogens with two attached hydrogens (primary N) is 1. The van der Waals surface area contributed by atoms with E-state index in [0.717, 1.165) is 5.56 Å². The van der Waals surface area contributed by atoms with Gasteiger partial charge in [-0.2, -0.15) is 0 Å². The Bertz CT molecular complexity index is 744. The zero-order valence-electron chi connectivity index (χ0n) is 14.2. The second-order valence-electron chi connectivity index (χ2n) is 5.72. The molecule has 2 rings (SSSR count). The van der Waals surface area contributed by atoms with Gasteiger partial charge in [0, 0.05) is 11.3 Å². The molecule has 0 aliphatic carbocycles. The summed E-state index contributed by atoms with van der Waals surface area (Å²) in [5.41, 5.74) is 8.82. The molecule has 0 aliphatic heterocycles. The summed E-state index contributed by atoms with van der Waals surface area (Å²) < 4.78 is 5.62. The van der Waals surface area contributed by atoms with Crippen LogP contribution in [0.2, 0.25) is 0 Å². The molecule has 2 aromatic carbocycles. The van der Waals surface area contributed by atoms with E-state index in [4.69, 9.17) is 15.7 Å². The molecule has 0 spiro atoms. The lowest BCUT2D eigenvalue weighted by molar-refractivity contribution is -0.133. The molecule has 0 unspecified atom stereocenters. The van der Waals surface area contributed by atoms with E-state index in [2.05, 4.69) is 5.32 Å². The summed E-state index contributed by atoms with van der Waals surface area (Å²) in [6.45, 7) is 1.65. The Morgan fingerprint density at radius 1 is 1.12 bits per heavy atom. The van der Waals surface area contributed by atoms with E-state index in [0.29, 0.717) is 23.6 Å². The average molecular weight is 359 g/mol. The van der Waals surface area contributed by atoms with Gasteiger partial charge in [0.05, 0.1) is 6.10 Å². The van der Waals surface area contributed by atoms with Gasteiger partial charge in [0.2, 0.25) is 0 Å². The van der Waals surface area contributed by atoms with Crippen LogP contribution in [0.5, 0.6) is 5.75 Å². The molecule has 138 valence electrons. The number of carbonyl (C=O) groups excluding carboxylic acids is 2. The van der Waals surface area contributed by atoms with Crippen molar-refractivity contribution in [2.75, 3.05) is 5.73 Å². The molecule has 2 aromatic rings. The summed E-state index contributed by atoms with van der Waals surface area (Å²) in [5.74, 6) is -0.775. The van der Waals surface area contributed by atoms with Crippen molar-refractivity contribution in [3.63, 3.8) is 0 Å². The van der Waals surface area contributed by atoms with E-state index in [9.17, 15) is 14.7 Å². The van der Waals surface area contributed by atoms with Gasteiger partial charge in [0.25, 0.3) is 11.8 Å². The highest BCUT2D eigenvalue weighted by Crippen LogP contribution is 2.15. The number of aliphatic hydroxyl groups is 1. The molecule has 0 aromatic heterocycles. The van der Waals surface area contributed by atoms with Crippen LogP contribution in [0.4, 0.5) is 5.69 Å². The fraction of sp³-hybridized carbons (Fsp3) is 0.222. The zero-order valence-corrected chi connectivity index (χ0v) is 14.2. The molecule has 0 fully saturated rings. The quantitative estimate of drug-likeness (QED) is 0.282. The predicted octanol–water partition coefficient (Wildman–Crippen LogP) is 0.832. The van der Waals surface area contributed by atoms with Crippen LogP contribution in [0.1, 0.15) is 22.8 Å². The second kappa shape index (κ2) is 8.84. The fourth-order valence-electron chi connectivity index (χ4n) is 2.18. The predicted molar refractivity (Wildman–Crippen MR) is 94.5 cm³/mol. The van der Waals surface area contributed by atoms with E-state index in [1.807, 2.05) is 0 Å². The van der Waals surface area contributed by atoms with Crippen LogP contribution in [0.3, 0.4) is 0 Å². The Morgan fingerprint density at radius 3 is 2.27 bits per heavy atom. The molecule has 0 heterocycles. The van der Waals surface area contributed by atoms with Crippen molar-refractivity contribution in [3.8, 4) is 5.75 Å². The second-order valence-corrected chi connectivity index (χ2v) is 5.72. The number of carbonyl (C=O) groups is 2. The van der Waals surface area contributed by atoms with Crippen LogP contribution in [0.15, 0.2) is 48.5 Å². The molecule has 8 nitrogen and oxygen atoms in total. The van der Waals surface area contributed by atoms with E-state index < -0.39 is 24.0 Å². The highest BCUT2D eigenvalue weighted by molar-refractivity contribution is 5.97. The Balaban J connectivity index is 1.96. The summed E-state index contributed by atoms with van der Waals surface area (Å²) in [7, 11) is 0. The van der Waals surface area contributed by atoms with Crippen molar-refractivity contribution in [1.82, 2.24) is 10.8 Å². The van der Waals surface area contributed by atoms with Crippen molar-refractivity contribution in [2.24, 2.45) is 0 Å². The highest BCUT2D eigenvalue weighted by atomic mass is 16.5. The van der Waals surface area contributed by atoms with Gasteiger partial charge >= 0.3 is 0 Å². The largest absolute Gasteiger partial charge is 0.489 e. The lowest BCUT2D eigenvalue weighted by Gasteiger charge is -2.19. The molecule has 6 N–H and O–H groups in total. The van der Waals surface area contributed by atoms with Crippen LogP contribution in [0.25, 0.3) is 0 Å². The van der Waals surface area contributed by atoms with Crippen molar-refractivity contribution in [1.29, 1.82) is 0 Å². The fourth-order valence-corrected chi connectivity index (χ4v) is 2.18. The average Bonchev–Trinajstić information content (AvgIpc) is 2.65. The summed E-state index contributed by atoms with van der Waals surface area (Å²) in [5, 5.41) is 20.6. The number of aliphatic hydroxyl groups excluding tert-OH is 1. The van der Waals surface area contributed by atoms with Crippen molar-refractivity contribution < 1.29 is 24.6 Å². The summed E-state index contributed by atoms with van der Waals surface area (Å²) in [4.78, 5) is 23.6. The third kappa shape index (κ3) is 5.20. The molecular weight excluding hydrogens is 338 g/mol. The smallest absolute Gasteiger partial charge is 0.268 e. The van der Waals surface area contributed by atoms with E-state index in [1.165, 1.54) is 12.4 Å². The monoisotopic (exact) mass is 359 g/mol. The number of nitrogen functional groups attached to an aromatic ring is 1. The van der Waals surface area contributed by atoms with Gasteiger partial charge in [-0.3, -0.25) is 14.8 Å². The molecule has 2 amide bonds. The SMILES string of the molecule is C[C@@H](O)[C@H](NC(=O)c1ccc(COc2ccc(N)cc2)cc1)C(=O)NO. The van der Waals surface area contributed by atoms with Gasteiger partial charge in [-0.1, -0.05) is 12.1 Å². The zero-order chi connectivity index (χ0) is 19.1. The van der Waals surface area contributed by atoms with Crippen molar-refractivity contribution in [3.05, 3.63) is 59.7 Å². The molecule has 0 aliphatic rings. The van der Waals surface area contributed by atoms with Crippen LogP contribution in [-0.2, 0) is 11.4 Å². The van der Waals surface area contributed by atoms with Gasteiger partial charge < -0.3 is 20.9 Å². The molecule has 26 heavy (non-hydrogen) atoms. The number of anilines is 1. The summed E-state index contributed by atoms with van der Waals surface area (Å²) in [6.07, 6.45) is -1.17. The normalized spacial score (nSPS) is 12.7. The number of nitrogens with one attached hydrogen (secondary N) is 2. The van der Waals surface area contributed by atoms with Crippen LogP contribution >= 0.6 is 0 Å². The van der Waals surface area contributed by atoms with Gasteiger partial charge in [-0.25, -0.2) is 5.48 Å². The maximum Gasteiger partial charge on any atom is 0.268 e. The molecule has 0 bridgehead atoms. The number of benzene rings is 2. The first-order valence-electron chi connectivity index (χ1n) is 7.91. The molecule has 2 atom stereocenters. The number of rotatable bonds is 7. The third-order valence-electron chi connectivity index (χ3n) is 3.66. The highest BCUT2D eigenvalue weighted by Gasteiger charge is 2.25. The van der Waals surface area contributed by atoms with E-state index in [1.54, 1.807) is 48.5 Å². The minimum Gasteiger partial charge on any atom is -0.489 e. The standard InChI is InChI=1S/C18H21N3O5/c1-11(22)16(18(24)21-25)20-17(23)13-4-2-12(3-5-13)10-26-15-8-6-14(19)7-9-15/h2-9,11,16,22,25H,10,19H2,1H3,(H,20,23)(H,21,24)/t11-,16+/m1/s1. The minimum absolute atomic E-state index is 0.303. The first kappa shape index (κ1) is 19.2. The molecular formula is C18H21N3O5.